The number of allylic oxidation sites excluding steroid dienone is 4. The van der Waals surface area contributed by atoms with Crippen LogP contribution in [0.4, 0.5) is 0 Å². The number of unbranched alkanes of at least 4 members (excludes halogenated alkanes) is 8. The Morgan fingerprint density at radius 2 is 1.61 bits per heavy atom. The van der Waals surface area contributed by atoms with E-state index in [1.165, 1.54) is 44.9 Å². The highest BCUT2D eigenvalue weighted by atomic mass is 16.4. The first-order chi connectivity index (χ1) is 13.6. The van der Waals surface area contributed by atoms with E-state index in [0.717, 1.165) is 25.7 Å². The van der Waals surface area contributed by atoms with E-state index in [1.807, 2.05) is 0 Å². The van der Waals surface area contributed by atoms with Gasteiger partial charge in [-0.05, 0) is 44.9 Å². The molecule has 158 valence electrons. The maximum atomic E-state index is 12.1. The monoisotopic (exact) mass is 389 g/mol. The molecule has 0 atom stereocenters. The van der Waals surface area contributed by atoms with E-state index >= 15 is 0 Å². The summed E-state index contributed by atoms with van der Waals surface area (Å²) in [6.45, 7) is 3.22. The summed E-state index contributed by atoms with van der Waals surface area (Å²) in [6, 6.07) is 0. The van der Waals surface area contributed by atoms with E-state index in [1.54, 1.807) is 11.0 Å². The quantitative estimate of drug-likeness (QED) is 0.274. The summed E-state index contributed by atoms with van der Waals surface area (Å²) < 4.78 is 0. The van der Waals surface area contributed by atoms with E-state index < -0.39 is 5.97 Å². The Bertz CT molecular complexity index is 534. The fourth-order valence-electron chi connectivity index (χ4n) is 3.34. The molecule has 0 aliphatic carbocycles. The lowest BCUT2D eigenvalue weighted by Gasteiger charge is -2.25. The molecule has 0 aromatic carbocycles. The van der Waals surface area contributed by atoms with E-state index in [9.17, 15) is 9.59 Å². The summed E-state index contributed by atoms with van der Waals surface area (Å²) in [7, 11) is 0. The lowest BCUT2D eigenvalue weighted by Crippen LogP contribution is -2.35. The number of nitrogens with zero attached hydrogens (tertiary/aromatic N) is 1. The molecule has 0 aromatic heterocycles. The van der Waals surface area contributed by atoms with Crippen molar-refractivity contribution in [2.24, 2.45) is 0 Å². The van der Waals surface area contributed by atoms with Gasteiger partial charge in [-0.1, -0.05) is 69.4 Å². The minimum Gasteiger partial charge on any atom is -0.478 e. The maximum absolute atomic E-state index is 12.1. The molecule has 0 spiro atoms. The average molecular weight is 390 g/mol. The number of carboxylic acids is 1. The molecule has 1 heterocycles. The Morgan fingerprint density at radius 3 is 2.21 bits per heavy atom. The number of carboxylic acid groups (broad SMARTS) is 1. The highest BCUT2D eigenvalue weighted by Crippen LogP contribution is 2.14. The lowest BCUT2D eigenvalue weighted by atomic mass is 10.1. The zero-order chi connectivity index (χ0) is 20.5. The second kappa shape index (κ2) is 16.1. The van der Waals surface area contributed by atoms with E-state index in [-0.39, 0.29) is 5.91 Å². The first kappa shape index (κ1) is 24.2. The van der Waals surface area contributed by atoms with Crippen LogP contribution in [0.25, 0.3) is 0 Å². The molecule has 4 heteroatoms. The van der Waals surface area contributed by atoms with Crippen molar-refractivity contribution in [3.05, 3.63) is 36.0 Å². The molecule has 1 aliphatic heterocycles. The van der Waals surface area contributed by atoms with Crippen molar-refractivity contribution in [3.63, 3.8) is 0 Å². The van der Waals surface area contributed by atoms with Gasteiger partial charge in [0, 0.05) is 25.1 Å². The summed E-state index contributed by atoms with van der Waals surface area (Å²) in [6.07, 6.45) is 24.8. The summed E-state index contributed by atoms with van der Waals surface area (Å²) in [5, 5.41) is 8.94. The summed E-state index contributed by atoms with van der Waals surface area (Å²) in [5.41, 5.74) is 0.432. The van der Waals surface area contributed by atoms with Crippen LogP contribution in [0.1, 0.15) is 90.4 Å². The molecule has 1 amide bonds. The van der Waals surface area contributed by atoms with Crippen molar-refractivity contribution in [2.75, 3.05) is 13.1 Å². The van der Waals surface area contributed by atoms with Gasteiger partial charge in [-0.3, -0.25) is 4.79 Å². The third-order valence-electron chi connectivity index (χ3n) is 5.18. The molecule has 0 radical (unpaired) electrons. The van der Waals surface area contributed by atoms with Crippen LogP contribution in [-0.2, 0) is 9.59 Å². The fraction of sp³-hybridized carbons (Fsp3) is 0.667. The van der Waals surface area contributed by atoms with Crippen molar-refractivity contribution >= 4 is 11.9 Å². The van der Waals surface area contributed by atoms with Crippen LogP contribution in [0.3, 0.4) is 0 Å². The molecule has 1 rings (SSSR count). The molecule has 28 heavy (non-hydrogen) atoms. The zero-order valence-corrected chi connectivity index (χ0v) is 17.7. The van der Waals surface area contributed by atoms with Crippen molar-refractivity contribution in [3.8, 4) is 0 Å². The number of carbonyl (C=O) groups is 2. The normalized spacial score (nSPS) is 14.8. The number of rotatable bonds is 15. The topological polar surface area (TPSA) is 57.6 Å². The van der Waals surface area contributed by atoms with Crippen LogP contribution in [-0.4, -0.2) is 35.0 Å². The minimum absolute atomic E-state index is 0.159. The zero-order valence-electron chi connectivity index (χ0n) is 17.7. The van der Waals surface area contributed by atoms with Crippen LogP contribution in [0.2, 0.25) is 0 Å². The molecule has 4 nitrogen and oxygen atoms in total. The van der Waals surface area contributed by atoms with Crippen molar-refractivity contribution in [2.45, 2.75) is 90.4 Å². The van der Waals surface area contributed by atoms with Gasteiger partial charge in [0.15, 0.2) is 0 Å². The molecule has 1 aliphatic rings. The van der Waals surface area contributed by atoms with Crippen molar-refractivity contribution < 1.29 is 14.7 Å². The number of hydrogen-bond acceptors (Lipinski definition) is 2. The molecular weight excluding hydrogens is 350 g/mol. The van der Waals surface area contributed by atoms with Gasteiger partial charge in [0.25, 0.3) is 0 Å². The van der Waals surface area contributed by atoms with Gasteiger partial charge in [0.2, 0.25) is 5.91 Å². The van der Waals surface area contributed by atoms with Crippen LogP contribution < -0.4 is 0 Å². The van der Waals surface area contributed by atoms with E-state index in [2.05, 4.69) is 31.2 Å². The number of amides is 1. The molecule has 0 saturated heterocycles. The third-order valence-corrected chi connectivity index (χ3v) is 5.18. The van der Waals surface area contributed by atoms with Crippen molar-refractivity contribution in [1.29, 1.82) is 0 Å². The molecule has 0 saturated carbocycles. The third kappa shape index (κ3) is 11.8. The van der Waals surface area contributed by atoms with Gasteiger partial charge < -0.3 is 10.0 Å². The first-order valence-electron chi connectivity index (χ1n) is 11.1. The largest absolute Gasteiger partial charge is 0.478 e. The van der Waals surface area contributed by atoms with Gasteiger partial charge in [-0.2, -0.15) is 0 Å². The van der Waals surface area contributed by atoms with Gasteiger partial charge >= 0.3 is 5.97 Å². The van der Waals surface area contributed by atoms with Crippen LogP contribution >= 0.6 is 0 Å². The molecular formula is C24H39NO3. The SMILES string of the molecule is CCCCC/C=C/C/C=C/CCCCCCCC(=O)N1CC=C(C(=O)O)CC1. The smallest absolute Gasteiger partial charge is 0.331 e. The van der Waals surface area contributed by atoms with Crippen LogP contribution in [0.5, 0.6) is 0 Å². The number of carbonyl (C=O) groups excluding carboxylic acids is 1. The highest BCUT2D eigenvalue weighted by molar-refractivity contribution is 5.87. The van der Waals surface area contributed by atoms with Crippen molar-refractivity contribution in [1.82, 2.24) is 4.90 Å². The predicted octanol–water partition coefficient (Wildman–Crippen LogP) is 6.04. The maximum Gasteiger partial charge on any atom is 0.331 e. The Kier molecular flexibility index (Phi) is 14.0. The number of aliphatic carboxylic acids is 1. The van der Waals surface area contributed by atoms with Gasteiger partial charge in [0.1, 0.15) is 0 Å². The predicted molar refractivity (Wildman–Crippen MR) is 116 cm³/mol. The summed E-state index contributed by atoms with van der Waals surface area (Å²) in [5.74, 6) is -0.702. The second-order valence-corrected chi connectivity index (χ2v) is 7.61. The Hall–Kier alpha value is -1.84. The van der Waals surface area contributed by atoms with Gasteiger partial charge in [0.05, 0.1) is 0 Å². The van der Waals surface area contributed by atoms with Gasteiger partial charge in [-0.15, -0.1) is 0 Å². The fourth-order valence-corrected chi connectivity index (χ4v) is 3.34. The van der Waals surface area contributed by atoms with E-state index in [0.29, 0.717) is 31.5 Å². The molecule has 0 unspecified atom stereocenters. The Balaban J connectivity index is 1.93. The molecule has 0 bridgehead atoms. The Labute approximate surface area is 171 Å². The minimum atomic E-state index is -0.860. The van der Waals surface area contributed by atoms with Gasteiger partial charge in [-0.25, -0.2) is 4.79 Å². The summed E-state index contributed by atoms with van der Waals surface area (Å²) in [4.78, 5) is 24.8. The van der Waals surface area contributed by atoms with Crippen LogP contribution in [0, 0.1) is 0 Å². The Morgan fingerprint density at radius 1 is 0.964 bits per heavy atom. The molecule has 0 aromatic rings. The lowest BCUT2D eigenvalue weighted by molar-refractivity contribution is -0.135. The van der Waals surface area contributed by atoms with E-state index in [4.69, 9.17) is 5.11 Å². The average Bonchev–Trinajstić information content (AvgIpc) is 2.70. The first-order valence-corrected chi connectivity index (χ1v) is 11.1. The van der Waals surface area contributed by atoms with Crippen LogP contribution in [0.15, 0.2) is 36.0 Å². The molecule has 0 fully saturated rings. The summed E-state index contributed by atoms with van der Waals surface area (Å²) >= 11 is 0. The molecule has 1 N–H and O–H groups in total. The second-order valence-electron chi connectivity index (χ2n) is 7.61. The number of hydrogen-bond donors (Lipinski definition) is 1. The highest BCUT2D eigenvalue weighted by Gasteiger charge is 2.19. The standard InChI is InChI=1S/C24H39NO3/c1-2-3-4-5-6-7-8-9-10-11-12-13-14-15-16-17-23(26)25-20-18-22(19-21-25)24(27)28/h6-7,9-10,18H,2-5,8,11-17,19-21H2,1H3,(H,27,28)/b7-6+,10-9+.